The number of hydrogen-bond donors (Lipinski definition) is 2. The van der Waals surface area contributed by atoms with E-state index in [2.05, 4.69) is 25.9 Å². The molecule has 1 aromatic carbocycles. The number of amides is 1. The highest BCUT2D eigenvalue weighted by molar-refractivity contribution is 9.10. The van der Waals surface area contributed by atoms with E-state index in [-0.39, 0.29) is 30.2 Å². The third kappa shape index (κ3) is 4.51. The number of nitrogens with one attached hydrogen (secondary N) is 1. The Kier molecular flexibility index (Phi) is 6.88. The molecule has 1 saturated heterocycles. The normalized spacial score (nSPS) is 17.1. The van der Waals surface area contributed by atoms with Crippen LogP contribution in [-0.2, 0) is 20.9 Å². The quantitative estimate of drug-likeness (QED) is 0.206. The van der Waals surface area contributed by atoms with E-state index in [0.29, 0.717) is 22.4 Å². The molecule has 1 aliphatic rings. The van der Waals surface area contributed by atoms with Crippen LogP contribution >= 0.6 is 15.9 Å². The second-order valence-corrected chi connectivity index (χ2v) is 9.10. The predicted molar refractivity (Wildman–Crippen MR) is 132 cm³/mol. The lowest BCUT2D eigenvalue weighted by Crippen LogP contribution is -2.29. The van der Waals surface area contributed by atoms with Crippen molar-refractivity contribution in [1.82, 2.24) is 14.9 Å². The summed E-state index contributed by atoms with van der Waals surface area (Å²) in [6.07, 6.45) is 3.26. The van der Waals surface area contributed by atoms with Gasteiger partial charge in [-0.25, -0.2) is 4.79 Å². The van der Waals surface area contributed by atoms with E-state index in [1.54, 1.807) is 57.4 Å². The van der Waals surface area contributed by atoms with Gasteiger partial charge in [0.2, 0.25) is 0 Å². The first kappa shape index (κ1) is 24.4. The summed E-state index contributed by atoms with van der Waals surface area (Å²) < 4.78 is 5.86. The highest BCUT2D eigenvalue weighted by atomic mass is 79.9. The number of pyridine rings is 1. The van der Waals surface area contributed by atoms with E-state index in [9.17, 15) is 19.5 Å². The SMILES string of the molecule is CCOC(=O)c1[nH]c(C)c(C(O)=C2C(=O)C(=O)N(Cc3cccnc3)[C@H]2c2cccc(Br)c2)c1C. The Bertz CT molecular complexity index is 1350. The summed E-state index contributed by atoms with van der Waals surface area (Å²) in [5.41, 5.74) is 2.76. The molecule has 1 aliphatic heterocycles. The predicted octanol–water partition coefficient (Wildman–Crippen LogP) is 4.59. The van der Waals surface area contributed by atoms with Crippen molar-refractivity contribution in [2.45, 2.75) is 33.4 Å². The number of aromatic nitrogens is 2. The van der Waals surface area contributed by atoms with Gasteiger partial charge in [0.05, 0.1) is 18.2 Å². The summed E-state index contributed by atoms with van der Waals surface area (Å²) in [6.45, 7) is 5.37. The number of aliphatic hydroxyl groups excluding tert-OH is 1. The van der Waals surface area contributed by atoms with Gasteiger partial charge in [0.15, 0.2) is 0 Å². The van der Waals surface area contributed by atoms with E-state index < -0.39 is 23.7 Å². The molecule has 1 amide bonds. The van der Waals surface area contributed by atoms with Crippen LogP contribution in [0.25, 0.3) is 5.76 Å². The molecule has 1 atom stereocenters. The van der Waals surface area contributed by atoms with Crippen LogP contribution in [0.3, 0.4) is 0 Å². The van der Waals surface area contributed by atoms with Gasteiger partial charge in [-0.05, 0) is 55.7 Å². The number of ketones is 1. The van der Waals surface area contributed by atoms with Crippen molar-refractivity contribution in [2.24, 2.45) is 0 Å². The molecule has 1 fully saturated rings. The van der Waals surface area contributed by atoms with Crippen LogP contribution in [0.5, 0.6) is 0 Å². The number of nitrogens with zero attached hydrogens (tertiary/aromatic N) is 2. The first-order valence-electron chi connectivity index (χ1n) is 11.0. The number of aromatic amines is 1. The Labute approximate surface area is 210 Å². The number of H-pyrrole nitrogens is 1. The molecule has 35 heavy (non-hydrogen) atoms. The third-order valence-corrected chi connectivity index (χ3v) is 6.43. The maximum Gasteiger partial charge on any atom is 0.355 e. The largest absolute Gasteiger partial charge is 0.507 e. The maximum absolute atomic E-state index is 13.3. The zero-order valence-electron chi connectivity index (χ0n) is 19.5. The van der Waals surface area contributed by atoms with Gasteiger partial charge < -0.3 is 19.7 Å². The fourth-order valence-corrected chi connectivity index (χ4v) is 4.82. The number of ether oxygens (including phenoxy) is 1. The molecule has 3 aromatic rings. The van der Waals surface area contributed by atoms with Crippen LogP contribution in [0.2, 0.25) is 0 Å². The van der Waals surface area contributed by atoms with Gasteiger partial charge in [-0.1, -0.05) is 34.1 Å². The number of aliphatic hydroxyl groups is 1. The third-order valence-electron chi connectivity index (χ3n) is 5.93. The van der Waals surface area contributed by atoms with Crippen molar-refractivity contribution >= 4 is 39.3 Å². The number of benzene rings is 1. The molecule has 0 spiro atoms. The summed E-state index contributed by atoms with van der Waals surface area (Å²) in [4.78, 5) is 47.4. The number of esters is 1. The topological polar surface area (TPSA) is 113 Å². The fraction of sp³-hybridized carbons (Fsp3) is 0.231. The number of rotatable bonds is 6. The van der Waals surface area contributed by atoms with Crippen molar-refractivity contribution in [3.05, 3.63) is 92.5 Å². The van der Waals surface area contributed by atoms with Crippen molar-refractivity contribution in [2.75, 3.05) is 6.61 Å². The number of halogens is 1. The first-order valence-corrected chi connectivity index (χ1v) is 11.8. The summed E-state index contributed by atoms with van der Waals surface area (Å²) in [6, 6.07) is 9.97. The van der Waals surface area contributed by atoms with Crippen molar-refractivity contribution < 1.29 is 24.2 Å². The Hall–Kier alpha value is -3.72. The van der Waals surface area contributed by atoms with Gasteiger partial charge in [-0.2, -0.15) is 0 Å². The van der Waals surface area contributed by atoms with E-state index in [0.717, 1.165) is 10.0 Å². The zero-order chi connectivity index (χ0) is 25.3. The highest BCUT2D eigenvalue weighted by Crippen LogP contribution is 2.42. The average molecular weight is 538 g/mol. The molecule has 8 nitrogen and oxygen atoms in total. The van der Waals surface area contributed by atoms with E-state index in [1.807, 2.05) is 12.1 Å². The van der Waals surface area contributed by atoms with E-state index >= 15 is 0 Å². The molecule has 4 rings (SSSR count). The number of likely N-dealkylation sites (tertiary alicyclic amines) is 1. The number of hydrogen-bond acceptors (Lipinski definition) is 6. The molecule has 3 heterocycles. The monoisotopic (exact) mass is 537 g/mol. The Balaban J connectivity index is 1.90. The average Bonchev–Trinajstić information content (AvgIpc) is 3.27. The van der Waals surface area contributed by atoms with Gasteiger partial charge in [0.1, 0.15) is 11.5 Å². The molecule has 0 unspecified atom stereocenters. The van der Waals surface area contributed by atoms with Crippen LogP contribution in [-0.4, -0.2) is 44.2 Å². The second-order valence-electron chi connectivity index (χ2n) is 8.19. The van der Waals surface area contributed by atoms with Gasteiger partial charge in [0.25, 0.3) is 11.7 Å². The van der Waals surface area contributed by atoms with Gasteiger partial charge in [0, 0.05) is 34.7 Å². The molecule has 2 N–H and O–H groups in total. The smallest absolute Gasteiger partial charge is 0.355 e. The van der Waals surface area contributed by atoms with Crippen LogP contribution in [0.1, 0.15) is 51.4 Å². The minimum absolute atomic E-state index is 0.0439. The first-order chi connectivity index (χ1) is 16.7. The highest BCUT2D eigenvalue weighted by Gasteiger charge is 2.46. The Morgan fingerprint density at radius 2 is 2.00 bits per heavy atom. The summed E-state index contributed by atoms with van der Waals surface area (Å²) in [5, 5.41) is 11.5. The number of carbonyl (C=O) groups is 3. The summed E-state index contributed by atoms with van der Waals surface area (Å²) in [7, 11) is 0. The number of carbonyl (C=O) groups excluding carboxylic acids is 3. The summed E-state index contributed by atoms with van der Waals surface area (Å²) in [5.74, 6) is -2.43. The minimum Gasteiger partial charge on any atom is -0.507 e. The van der Waals surface area contributed by atoms with E-state index in [1.165, 1.54) is 4.90 Å². The molecular formula is C26H24BrN3O5. The maximum atomic E-state index is 13.3. The number of aryl methyl sites for hydroxylation is 1. The lowest BCUT2D eigenvalue weighted by Gasteiger charge is -2.25. The second kappa shape index (κ2) is 9.87. The van der Waals surface area contributed by atoms with Crippen molar-refractivity contribution in [3.63, 3.8) is 0 Å². The Morgan fingerprint density at radius 3 is 2.66 bits per heavy atom. The van der Waals surface area contributed by atoms with Gasteiger partial charge in [-0.3, -0.25) is 14.6 Å². The molecule has 180 valence electrons. The zero-order valence-corrected chi connectivity index (χ0v) is 21.0. The van der Waals surface area contributed by atoms with Gasteiger partial charge >= 0.3 is 5.97 Å². The number of Topliss-reactive ketones (excluding diaryl/α,β-unsaturated/α-hetero) is 1. The molecule has 9 heteroatoms. The van der Waals surface area contributed by atoms with E-state index in [4.69, 9.17) is 4.74 Å². The molecule has 2 aromatic heterocycles. The molecule has 0 radical (unpaired) electrons. The van der Waals surface area contributed by atoms with Crippen LogP contribution < -0.4 is 0 Å². The van der Waals surface area contributed by atoms with Crippen molar-refractivity contribution in [3.8, 4) is 0 Å². The van der Waals surface area contributed by atoms with Crippen LogP contribution in [0, 0.1) is 13.8 Å². The molecular weight excluding hydrogens is 514 g/mol. The van der Waals surface area contributed by atoms with Crippen LogP contribution in [0.15, 0.2) is 58.8 Å². The lowest BCUT2D eigenvalue weighted by atomic mass is 9.94. The molecule has 0 aliphatic carbocycles. The minimum atomic E-state index is -0.840. The summed E-state index contributed by atoms with van der Waals surface area (Å²) >= 11 is 3.45. The standard InChI is InChI=1S/C26H24BrN3O5/c1-4-35-26(34)21-14(2)19(15(3)29-21)23(31)20-22(17-8-5-9-18(27)11-17)30(25(33)24(20)32)13-16-7-6-10-28-12-16/h5-12,22,29,31H,4,13H2,1-3H3/t22-/m0/s1. The lowest BCUT2D eigenvalue weighted by molar-refractivity contribution is -0.140. The van der Waals surface area contributed by atoms with Crippen LogP contribution in [0.4, 0.5) is 0 Å². The van der Waals surface area contributed by atoms with Gasteiger partial charge in [-0.15, -0.1) is 0 Å². The molecule has 0 bridgehead atoms. The van der Waals surface area contributed by atoms with Crippen molar-refractivity contribution in [1.29, 1.82) is 0 Å². The Morgan fingerprint density at radius 1 is 1.23 bits per heavy atom. The molecule has 0 saturated carbocycles. The fourth-order valence-electron chi connectivity index (χ4n) is 4.40.